The summed E-state index contributed by atoms with van der Waals surface area (Å²) in [6.45, 7) is 5.13. The first kappa shape index (κ1) is 21.0. The minimum atomic E-state index is 0.690. The average molecular weight is 471 g/mol. The van der Waals surface area contributed by atoms with E-state index in [2.05, 4.69) is 62.4 Å². The van der Waals surface area contributed by atoms with Crippen LogP contribution < -0.4 is 0 Å². The van der Waals surface area contributed by atoms with Crippen LogP contribution in [0.5, 0.6) is 0 Å². The lowest BCUT2D eigenvalue weighted by Gasteiger charge is -2.14. The van der Waals surface area contributed by atoms with Crippen molar-refractivity contribution in [1.29, 1.82) is 0 Å². The van der Waals surface area contributed by atoms with E-state index in [1.54, 1.807) is 0 Å². The van der Waals surface area contributed by atoms with Crippen LogP contribution in [0.2, 0.25) is 0 Å². The van der Waals surface area contributed by atoms with Crippen LogP contribution in [0, 0.1) is 26.2 Å². The lowest BCUT2D eigenvalue weighted by Crippen LogP contribution is -2.05. The fourth-order valence-electron chi connectivity index (χ4n) is 3.78. The highest BCUT2D eigenvalue weighted by Crippen LogP contribution is 2.22. The summed E-state index contributed by atoms with van der Waals surface area (Å²) in [6.07, 6.45) is 12.4. The molecule has 31 heavy (non-hydrogen) atoms. The molecule has 0 fully saturated rings. The summed E-state index contributed by atoms with van der Waals surface area (Å²) in [4.78, 5) is 13.5. The van der Waals surface area contributed by atoms with Crippen LogP contribution in [0.25, 0.3) is 0 Å². The Kier molecular flexibility index (Phi) is 6.29. The molecule has 4 aromatic rings. The molecular formula is C26H23BrN4. The Bertz CT molecular complexity index is 1230. The number of nitrogens with zero attached hydrogens (tertiary/aromatic N) is 4. The minimum absolute atomic E-state index is 0.690. The van der Waals surface area contributed by atoms with Gasteiger partial charge in [-0.25, -0.2) is 15.0 Å². The number of aromatic nitrogens is 4. The van der Waals surface area contributed by atoms with E-state index in [9.17, 15) is 0 Å². The van der Waals surface area contributed by atoms with Gasteiger partial charge in [-0.1, -0.05) is 30.2 Å². The van der Waals surface area contributed by atoms with Crippen LogP contribution in [0.15, 0.2) is 65.8 Å². The molecule has 0 amide bonds. The molecule has 2 aromatic heterocycles. The summed E-state index contributed by atoms with van der Waals surface area (Å²) < 4.78 is 3.06. The molecule has 0 aliphatic carbocycles. The molecule has 154 valence electrons. The summed E-state index contributed by atoms with van der Waals surface area (Å²) in [6, 6.07) is 14.5. The van der Waals surface area contributed by atoms with Crippen molar-refractivity contribution in [3.8, 4) is 12.3 Å². The third kappa shape index (κ3) is 5.10. The molecule has 0 spiro atoms. The lowest BCUT2D eigenvalue weighted by molar-refractivity contribution is 0.777. The highest BCUT2D eigenvalue weighted by atomic mass is 79.9. The van der Waals surface area contributed by atoms with Gasteiger partial charge in [0, 0.05) is 36.8 Å². The van der Waals surface area contributed by atoms with Crippen LogP contribution in [0.3, 0.4) is 0 Å². The van der Waals surface area contributed by atoms with Gasteiger partial charge in [0.15, 0.2) is 0 Å². The van der Waals surface area contributed by atoms with Gasteiger partial charge < -0.3 is 4.57 Å². The highest BCUT2D eigenvalue weighted by molar-refractivity contribution is 9.10. The van der Waals surface area contributed by atoms with Crippen molar-refractivity contribution in [2.75, 3.05) is 0 Å². The Hall–Kier alpha value is -3.23. The van der Waals surface area contributed by atoms with Crippen molar-refractivity contribution in [3.05, 3.63) is 111 Å². The van der Waals surface area contributed by atoms with E-state index >= 15 is 0 Å². The van der Waals surface area contributed by atoms with Crippen LogP contribution >= 0.6 is 15.9 Å². The number of aryl methyl sites for hydroxylation is 2. The Morgan fingerprint density at radius 3 is 2.39 bits per heavy atom. The number of hydrogen-bond acceptors (Lipinski definition) is 3. The van der Waals surface area contributed by atoms with Gasteiger partial charge in [0.2, 0.25) is 0 Å². The topological polar surface area (TPSA) is 43.6 Å². The quantitative estimate of drug-likeness (QED) is 0.360. The maximum atomic E-state index is 5.44. The smallest absolute Gasteiger partial charge is 0.132 e. The van der Waals surface area contributed by atoms with Crippen molar-refractivity contribution in [2.24, 2.45) is 0 Å². The number of rotatable bonds is 6. The Morgan fingerprint density at radius 2 is 1.74 bits per heavy atom. The van der Waals surface area contributed by atoms with Crippen molar-refractivity contribution in [1.82, 2.24) is 19.5 Å². The first-order valence-electron chi connectivity index (χ1n) is 10.1. The van der Waals surface area contributed by atoms with Gasteiger partial charge in [-0.2, -0.15) is 0 Å². The van der Waals surface area contributed by atoms with Crippen LogP contribution in [-0.4, -0.2) is 19.5 Å². The van der Waals surface area contributed by atoms with Crippen LogP contribution in [0.1, 0.15) is 44.9 Å². The molecule has 0 N–H and O–H groups in total. The number of hydrogen-bond donors (Lipinski definition) is 0. The highest BCUT2D eigenvalue weighted by Gasteiger charge is 2.10. The van der Waals surface area contributed by atoms with Gasteiger partial charge in [-0.3, -0.25) is 0 Å². The molecule has 0 aliphatic heterocycles. The fourth-order valence-corrected chi connectivity index (χ4v) is 4.11. The van der Waals surface area contributed by atoms with E-state index < -0.39 is 0 Å². The SMILES string of the molecule is C#Cc1ccc(Cc2nccc(Cc3c(C)cc(Cn4cncc4Br)cc3C)n2)cc1. The largest absolute Gasteiger partial charge is 0.321 e. The van der Waals surface area contributed by atoms with E-state index in [1.807, 2.05) is 49.1 Å². The molecule has 0 saturated heterocycles. The zero-order valence-corrected chi connectivity index (χ0v) is 19.2. The van der Waals surface area contributed by atoms with Gasteiger partial charge in [-0.05, 0) is 75.8 Å². The molecule has 0 radical (unpaired) electrons. The van der Waals surface area contributed by atoms with E-state index in [0.29, 0.717) is 6.42 Å². The summed E-state index contributed by atoms with van der Waals surface area (Å²) in [5.41, 5.74) is 8.19. The zero-order valence-electron chi connectivity index (χ0n) is 17.6. The van der Waals surface area contributed by atoms with Gasteiger partial charge >= 0.3 is 0 Å². The van der Waals surface area contributed by atoms with Gasteiger partial charge in [0.1, 0.15) is 10.4 Å². The molecule has 2 heterocycles. The summed E-state index contributed by atoms with van der Waals surface area (Å²) >= 11 is 3.53. The summed E-state index contributed by atoms with van der Waals surface area (Å²) in [5, 5.41) is 0. The van der Waals surface area contributed by atoms with E-state index in [0.717, 1.165) is 40.2 Å². The van der Waals surface area contributed by atoms with E-state index in [1.165, 1.54) is 22.3 Å². The standard InChI is InChI=1S/C26H23BrN4/c1-4-20-5-7-21(8-6-20)13-26-29-10-9-23(30-26)14-24-18(2)11-22(12-19(24)3)16-31-17-28-15-25(31)27/h1,5-12,15,17H,13-14,16H2,2-3H3. The van der Waals surface area contributed by atoms with Crippen LogP contribution in [0.4, 0.5) is 0 Å². The second-order valence-corrected chi connectivity index (χ2v) is 8.52. The normalized spacial score (nSPS) is 10.8. The fraction of sp³-hybridized carbons (Fsp3) is 0.192. The summed E-state index contributed by atoms with van der Waals surface area (Å²) in [7, 11) is 0. The molecule has 4 nitrogen and oxygen atoms in total. The maximum absolute atomic E-state index is 5.44. The monoisotopic (exact) mass is 470 g/mol. The molecule has 0 bridgehead atoms. The van der Waals surface area contributed by atoms with Crippen molar-refractivity contribution in [3.63, 3.8) is 0 Å². The van der Waals surface area contributed by atoms with Gasteiger partial charge in [-0.15, -0.1) is 6.42 Å². The minimum Gasteiger partial charge on any atom is -0.321 e. The molecule has 0 aliphatic rings. The predicted molar refractivity (Wildman–Crippen MR) is 127 cm³/mol. The molecule has 4 rings (SSSR count). The van der Waals surface area contributed by atoms with Crippen molar-refractivity contribution < 1.29 is 0 Å². The lowest BCUT2D eigenvalue weighted by atomic mass is 9.95. The molecule has 2 aromatic carbocycles. The molecular weight excluding hydrogens is 448 g/mol. The second kappa shape index (κ2) is 9.28. The average Bonchev–Trinajstić information content (AvgIpc) is 3.16. The third-order valence-electron chi connectivity index (χ3n) is 5.37. The summed E-state index contributed by atoms with van der Waals surface area (Å²) in [5.74, 6) is 3.47. The van der Waals surface area contributed by atoms with E-state index in [-0.39, 0.29) is 0 Å². The van der Waals surface area contributed by atoms with Crippen molar-refractivity contribution >= 4 is 15.9 Å². The predicted octanol–water partition coefficient (Wildman–Crippen LogP) is 5.26. The Labute approximate surface area is 191 Å². The second-order valence-electron chi connectivity index (χ2n) is 7.71. The maximum Gasteiger partial charge on any atom is 0.132 e. The first-order chi connectivity index (χ1) is 15.0. The Balaban J connectivity index is 1.51. The molecule has 0 unspecified atom stereocenters. The van der Waals surface area contributed by atoms with Crippen molar-refractivity contribution in [2.45, 2.75) is 33.2 Å². The number of terminal acetylenes is 1. The number of benzene rings is 2. The Morgan fingerprint density at radius 1 is 1.00 bits per heavy atom. The van der Waals surface area contributed by atoms with E-state index in [4.69, 9.17) is 11.4 Å². The zero-order chi connectivity index (χ0) is 21.8. The third-order valence-corrected chi connectivity index (χ3v) is 6.03. The molecule has 5 heteroatoms. The first-order valence-corrected chi connectivity index (χ1v) is 10.9. The number of imidazole rings is 1. The number of halogens is 1. The van der Waals surface area contributed by atoms with Gasteiger partial charge in [0.05, 0.1) is 12.5 Å². The van der Waals surface area contributed by atoms with Gasteiger partial charge in [0.25, 0.3) is 0 Å². The molecule has 0 saturated carbocycles. The molecule has 0 atom stereocenters. The van der Waals surface area contributed by atoms with Crippen LogP contribution in [-0.2, 0) is 19.4 Å².